The number of rotatable bonds is 6. The van der Waals surface area contributed by atoms with Crippen LogP contribution in [0.25, 0.3) is 100 Å². The lowest BCUT2D eigenvalue weighted by molar-refractivity contribution is 1.16. The molecule has 0 unspecified atom stereocenters. The van der Waals surface area contributed by atoms with Crippen LogP contribution in [-0.4, -0.2) is 19.1 Å². The molecule has 58 heavy (non-hydrogen) atoms. The molecule has 3 aromatic heterocycles. The van der Waals surface area contributed by atoms with Crippen LogP contribution in [0.1, 0.15) is 13.8 Å². The number of aromatic nitrogens is 4. The predicted molar refractivity (Wildman–Crippen MR) is 244 cm³/mol. The molecule has 4 nitrogen and oxygen atoms in total. The number of para-hydroxylation sites is 3. The zero-order chi connectivity index (χ0) is 39.0. The first-order chi connectivity index (χ1) is 28.8. The van der Waals surface area contributed by atoms with Crippen LogP contribution < -0.4 is 0 Å². The van der Waals surface area contributed by atoms with E-state index in [-0.39, 0.29) is 0 Å². The Hall–Kier alpha value is -7.56. The standard InChI is InChI=1S/C52H34N4.C2H6/c1-4-15-35(16-5-1)46-34-47(54-52(53-46)36-17-6-2-7-18-36)39-19-14-22-41(31-39)56-48-25-12-10-23-42(48)44-29-27-38(33-51(44)56)37-28-30-50-45(32-37)43-24-11-13-26-49(43)55(50)40-20-8-3-9-21-40;1-2/h1-34H;1-2H3. The van der Waals surface area contributed by atoms with Crippen LogP contribution in [0.5, 0.6) is 0 Å². The van der Waals surface area contributed by atoms with Gasteiger partial charge in [-0.1, -0.05) is 159 Å². The largest absolute Gasteiger partial charge is 0.309 e. The molecule has 0 saturated heterocycles. The van der Waals surface area contributed by atoms with Gasteiger partial charge in [0.2, 0.25) is 0 Å². The summed E-state index contributed by atoms with van der Waals surface area (Å²) in [6, 6.07) is 73.3. The van der Waals surface area contributed by atoms with Gasteiger partial charge in [0.25, 0.3) is 0 Å². The summed E-state index contributed by atoms with van der Waals surface area (Å²) in [4.78, 5) is 10.2. The Bertz CT molecular complexity index is 3170. The fourth-order valence-electron chi connectivity index (χ4n) is 8.31. The van der Waals surface area contributed by atoms with Gasteiger partial charge in [0, 0.05) is 49.6 Å². The van der Waals surface area contributed by atoms with Crippen LogP contribution in [0.3, 0.4) is 0 Å². The van der Waals surface area contributed by atoms with Gasteiger partial charge in [-0.2, -0.15) is 0 Å². The maximum atomic E-state index is 5.15. The molecule has 11 rings (SSSR count). The summed E-state index contributed by atoms with van der Waals surface area (Å²) < 4.78 is 4.76. The van der Waals surface area contributed by atoms with Crippen LogP contribution in [0.4, 0.5) is 0 Å². The van der Waals surface area contributed by atoms with E-state index in [9.17, 15) is 0 Å². The molecule has 276 valence electrons. The Balaban J connectivity index is 0.00000201. The summed E-state index contributed by atoms with van der Waals surface area (Å²) in [5.41, 5.74) is 14.2. The van der Waals surface area contributed by atoms with E-state index in [1.807, 2.05) is 38.1 Å². The lowest BCUT2D eigenvalue weighted by atomic mass is 10.0. The second-order valence-corrected chi connectivity index (χ2v) is 14.2. The van der Waals surface area contributed by atoms with Crippen LogP contribution in [0.2, 0.25) is 0 Å². The van der Waals surface area contributed by atoms with Crippen molar-refractivity contribution < 1.29 is 0 Å². The molecule has 0 aliphatic carbocycles. The summed E-state index contributed by atoms with van der Waals surface area (Å²) in [5.74, 6) is 0.706. The molecule has 0 saturated carbocycles. The first-order valence-corrected chi connectivity index (χ1v) is 20.0. The summed E-state index contributed by atoms with van der Waals surface area (Å²) in [5, 5.41) is 4.93. The van der Waals surface area contributed by atoms with Crippen molar-refractivity contribution in [1.82, 2.24) is 19.1 Å². The molecule has 0 N–H and O–H groups in total. The minimum Gasteiger partial charge on any atom is -0.309 e. The monoisotopic (exact) mass is 744 g/mol. The van der Waals surface area contributed by atoms with Gasteiger partial charge in [-0.05, 0) is 71.8 Å². The Kier molecular flexibility index (Phi) is 8.92. The van der Waals surface area contributed by atoms with Gasteiger partial charge in [0.1, 0.15) is 0 Å². The van der Waals surface area contributed by atoms with Crippen molar-refractivity contribution in [3.05, 3.63) is 206 Å². The molecular weight excluding hydrogens is 705 g/mol. The third-order valence-corrected chi connectivity index (χ3v) is 10.9. The summed E-state index contributed by atoms with van der Waals surface area (Å²) in [6.45, 7) is 4.00. The van der Waals surface area contributed by atoms with E-state index < -0.39 is 0 Å². The molecule has 0 fully saturated rings. The van der Waals surface area contributed by atoms with Gasteiger partial charge in [-0.3, -0.25) is 0 Å². The molecule has 0 aliphatic heterocycles. The second kappa shape index (κ2) is 14.8. The van der Waals surface area contributed by atoms with Crippen LogP contribution >= 0.6 is 0 Å². The van der Waals surface area contributed by atoms with Crippen LogP contribution in [-0.2, 0) is 0 Å². The third-order valence-electron chi connectivity index (χ3n) is 10.9. The van der Waals surface area contributed by atoms with Gasteiger partial charge in [-0.15, -0.1) is 0 Å². The maximum absolute atomic E-state index is 5.15. The van der Waals surface area contributed by atoms with E-state index in [0.29, 0.717) is 5.82 Å². The minimum atomic E-state index is 0.706. The van der Waals surface area contributed by atoms with Crippen molar-refractivity contribution in [2.75, 3.05) is 0 Å². The molecular formula is C54H40N4. The zero-order valence-electron chi connectivity index (χ0n) is 32.4. The Morgan fingerprint density at radius 3 is 1.48 bits per heavy atom. The van der Waals surface area contributed by atoms with Gasteiger partial charge in [0.15, 0.2) is 5.82 Å². The lowest BCUT2D eigenvalue weighted by Crippen LogP contribution is -1.98. The molecule has 11 aromatic rings. The Morgan fingerprint density at radius 1 is 0.293 bits per heavy atom. The molecule has 3 heterocycles. The van der Waals surface area contributed by atoms with Crippen molar-refractivity contribution in [2.24, 2.45) is 0 Å². The Morgan fingerprint density at radius 2 is 0.776 bits per heavy atom. The SMILES string of the molecule is CC.c1ccc(-c2cc(-c3cccc(-n4c5ccccc5c5ccc(-c6ccc7c(c6)c6ccccc6n7-c6ccccc6)cc54)c3)nc(-c3ccccc3)n2)cc1. The van der Waals surface area contributed by atoms with Crippen molar-refractivity contribution in [2.45, 2.75) is 13.8 Å². The highest BCUT2D eigenvalue weighted by Crippen LogP contribution is 2.39. The van der Waals surface area contributed by atoms with Crippen LogP contribution in [0, 0.1) is 0 Å². The highest BCUT2D eigenvalue weighted by molar-refractivity contribution is 6.12. The maximum Gasteiger partial charge on any atom is 0.160 e. The summed E-state index contributed by atoms with van der Waals surface area (Å²) >= 11 is 0. The van der Waals surface area contributed by atoms with E-state index >= 15 is 0 Å². The van der Waals surface area contributed by atoms with E-state index in [1.54, 1.807) is 0 Å². The highest BCUT2D eigenvalue weighted by Gasteiger charge is 2.17. The molecule has 0 atom stereocenters. The lowest BCUT2D eigenvalue weighted by Gasteiger charge is -2.13. The summed E-state index contributed by atoms with van der Waals surface area (Å²) in [6.07, 6.45) is 0. The molecule has 0 amide bonds. The first kappa shape index (κ1) is 34.9. The molecule has 0 aliphatic rings. The topological polar surface area (TPSA) is 35.6 Å². The van der Waals surface area contributed by atoms with Crippen molar-refractivity contribution in [3.8, 4) is 56.4 Å². The number of benzene rings is 8. The van der Waals surface area contributed by atoms with Crippen molar-refractivity contribution in [1.29, 1.82) is 0 Å². The number of hydrogen-bond acceptors (Lipinski definition) is 2. The quantitative estimate of drug-likeness (QED) is 0.170. The fourth-order valence-corrected chi connectivity index (χ4v) is 8.31. The number of nitrogens with zero attached hydrogens (tertiary/aromatic N) is 4. The average molecular weight is 745 g/mol. The molecule has 0 radical (unpaired) electrons. The zero-order valence-corrected chi connectivity index (χ0v) is 32.4. The van der Waals surface area contributed by atoms with E-state index in [2.05, 4.69) is 191 Å². The Labute approximate surface area is 338 Å². The normalized spacial score (nSPS) is 11.3. The van der Waals surface area contributed by atoms with E-state index in [1.165, 1.54) is 43.7 Å². The molecule has 0 spiro atoms. The molecule has 0 bridgehead atoms. The van der Waals surface area contributed by atoms with Gasteiger partial charge in [-0.25, -0.2) is 9.97 Å². The third kappa shape index (κ3) is 6.03. The van der Waals surface area contributed by atoms with Crippen molar-refractivity contribution in [3.63, 3.8) is 0 Å². The molecule has 8 aromatic carbocycles. The first-order valence-electron chi connectivity index (χ1n) is 20.0. The average Bonchev–Trinajstić information content (AvgIpc) is 3.82. The number of hydrogen-bond donors (Lipinski definition) is 0. The predicted octanol–water partition coefficient (Wildman–Crippen LogP) is 14.4. The smallest absolute Gasteiger partial charge is 0.160 e. The van der Waals surface area contributed by atoms with Gasteiger partial charge < -0.3 is 9.13 Å². The van der Waals surface area contributed by atoms with Crippen molar-refractivity contribution >= 4 is 43.6 Å². The highest BCUT2D eigenvalue weighted by atomic mass is 15.0. The van der Waals surface area contributed by atoms with E-state index in [4.69, 9.17) is 9.97 Å². The fraction of sp³-hybridized carbons (Fsp3) is 0.0370. The van der Waals surface area contributed by atoms with Crippen LogP contribution in [0.15, 0.2) is 206 Å². The molecule has 4 heteroatoms. The van der Waals surface area contributed by atoms with E-state index in [0.717, 1.165) is 50.5 Å². The van der Waals surface area contributed by atoms with Gasteiger partial charge >= 0.3 is 0 Å². The van der Waals surface area contributed by atoms with Gasteiger partial charge in [0.05, 0.1) is 33.5 Å². The number of fused-ring (bicyclic) bond motifs is 6. The second-order valence-electron chi connectivity index (χ2n) is 14.2. The summed E-state index contributed by atoms with van der Waals surface area (Å²) in [7, 11) is 0. The minimum absolute atomic E-state index is 0.706.